The highest BCUT2D eigenvalue weighted by atomic mass is 16.5. The third-order valence-corrected chi connectivity index (χ3v) is 4.51. The zero-order chi connectivity index (χ0) is 18.8. The van der Waals surface area contributed by atoms with Crippen molar-refractivity contribution in [3.8, 4) is 11.5 Å². The number of fused-ring (bicyclic) bond motifs is 2. The molecule has 0 unspecified atom stereocenters. The summed E-state index contributed by atoms with van der Waals surface area (Å²) < 4.78 is 9.80. The van der Waals surface area contributed by atoms with Crippen LogP contribution in [0.25, 0.3) is 0 Å². The maximum absolute atomic E-state index is 13.0. The summed E-state index contributed by atoms with van der Waals surface area (Å²) in [5.41, 5.74) is 1.09. The minimum absolute atomic E-state index is 0.0115. The standard InChI is InChI=1S/C20H18O6/c1-25-14-7-4-6-12-16(14)20(24)17-13(19(12)23)10-9-11(18(17)22)5-3-8-15(21)26-2/h4,6-7,9-10,22H,3,5,8H2,1-2H3. The monoisotopic (exact) mass is 354 g/mol. The molecule has 0 atom stereocenters. The van der Waals surface area contributed by atoms with Crippen molar-refractivity contribution in [2.45, 2.75) is 19.3 Å². The summed E-state index contributed by atoms with van der Waals surface area (Å²) in [6.07, 6.45) is 1.05. The van der Waals surface area contributed by atoms with Crippen LogP contribution in [0.1, 0.15) is 50.2 Å². The molecule has 1 N–H and O–H groups in total. The van der Waals surface area contributed by atoms with E-state index in [1.165, 1.54) is 14.2 Å². The Kier molecular flexibility index (Phi) is 4.75. The largest absolute Gasteiger partial charge is 0.507 e. The Labute approximate surface area is 150 Å². The SMILES string of the molecule is COC(=O)CCCc1ccc2c(c1O)C(=O)c1c(OC)cccc1C2=O. The molecule has 0 radical (unpaired) electrons. The number of methoxy groups -OCH3 is 2. The number of esters is 1. The first-order chi connectivity index (χ1) is 12.5. The predicted octanol–water partition coefficient (Wildman–Crippen LogP) is 2.67. The van der Waals surface area contributed by atoms with Gasteiger partial charge in [0, 0.05) is 17.5 Å². The number of ketones is 2. The summed E-state index contributed by atoms with van der Waals surface area (Å²) in [7, 11) is 2.74. The average Bonchev–Trinajstić information content (AvgIpc) is 2.66. The first kappa shape index (κ1) is 17.7. The van der Waals surface area contributed by atoms with Crippen LogP contribution in [0.4, 0.5) is 0 Å². The van der Waals surface area contributed by atoms with Crippen molar-refractivity contribution in [3.63, 3.8) is 0 Å². The summed E-state index contributed by atoms with van der Waals surface area (Å²) in [5.74, 6) is -1.04. The molecule has 6 heteroatoms. The number of aryl methyl sites for hydroxylation is 1. The summed E-state index contributed by atoms with van der Waals surface area (Å²) in [5, 5.41) is 10.6. The van der Waals surface area contributed by atoms with Crippen molar-refractivity contribution in [2.75, 3.05) is 14.2 Å². The average molecular weight is 354 g/mol. The molecule has 0 saturated heterocycles. The van der Waals surface area contributed by atoms with Gasteiger partial charge in [0.1, 0.15) is 11.5 Å². The van der Waals surface area contributed by atoms with Crippen molar-refractivity contribution in [1.29, 1.82) is 0 Å². The van der Waals surface area contributed by atoms with E-state index in [0.29, 0.717) is 24.2 Å². The van der Waals surface area contributed by atoms with E-state index in [1.807, 2.05) is 0 Å². The molecule has 6 nitrogen and oxygen atoms in total. The van der Waals surface area contributed by atoms with Crippen molar-refractivity contribution >= 4 is 17.5 Å². The molecule has 0 aromatic heterocycles. The van der Waals surface area contributed by atoms with E-state index in [4.69, 9.17) is 4.74 Å². The van der Waals surface area contributed by atoms with Gasteiger partial charge in [-0.2, -0.15) is 0 Å². The second-order valence-electron chi connectivity index (χ2n) is 5.97. The van der Waals surface area contributed by atoms with E-state index in [1.54, 1.807) is 30.3 Å². The minimum Gasteiger partial charge on any atom is -0.507 e. The highest BCUT2D eigenvalue weighted by Crippen LogP contribution is 2.38. The second-order valence-corrected chi connectivity index (χ2v) is 5.97. The topological polar surface area (TPSA) is 89.9 Å². The Bertz CT molecular complexity index is 913. The number of ether oxygens (including phenoxy) is 2. The Morgan fingerprint density at radius 3 is 2.42 bits per heavy atom. The number of phenols is 1. The smallest absolute Gasteiger partial charge is 0.305 e. The molecule has 26 heavy (non-hydrogen) atoms. The van der Waals surface area contributed by atoms with Gasteiger partial charge in [0.15, 0.2) is 5.78 Å². The molecule has 2 aromatic carbocycles. The number of phenolic OH excluding ortho intramolecular Hbond substituents is 1. The quantitative estimate of drug-likeness (QED) is 0.709. The lowest BCUT2D eigenvalue weighted by molar-refractivity contribution is -0.140. The lowest BCUT2D eigenvalue weighted by atomic mass is 9.82. The number of hydrogen-bond donors (Lipinski definition) is 1. The van der Waals surface area contributed by atoms with Gasteiger partial charge in [-0.15, -0.1) is 0 Å². The van der Waals surface area contributed by atoms with Crippen molar-refractivity contribution in [1.82, 2.24) is 0 Å². The van der Waals surface area contributed by atoms with Crippen LogP contribution in [0.2, 0.25) is 0 Å². The third-order valence-electron chi connectivity index (χ3n) is 4.51. The molecule has 2 aromatic rings. The predicted molar refractivity (Wildman–Crippen MR) is 92.9 cm³/mol. The number of carbonyl (C=O) groups excluding carboxylic acids is 3. The van der Waals surface area contributed by atoms with Crippen LogP contribution >= 0.6 is 0 Å². The van der Waals surface area contributed by atoms with Crippen LogP contribution in [0.15, 0.2) is 30.3 Å². The summed E-state index contributed by atoms with van der Waals surface area (Å²) in [6, 6.07) is 7.98. The van der Waals surface area contributed by atoms with E-state index >= 15 is 0 Å². The third kappa shape index (κ3) is 2.83. The van der Waals surface area contributed by atoms with Crippen molar-refractivity contribution in [2.24, 2.45) is 0 Å². The fourth-order valence-electron chi connectivity index (χ4n) is 3.18. The van der Waals surface area contributed by atoms with E-state index in [2.05, 4.69) is 4.74 Å². The van der Waals surface area contributed by atoms with Crippen molar-refractivity contribution in [3.05, 3.63) is 58.1 Å². The highest BCUT2D eigenvalue weighted by molar-refractivity contribution is 6.30. The first-order valence-corrected chi connectivity index (χ1v) is 8.17. The summed E-state index contributed by atoms with van der Waals surface area (Å²) in [6.45, 7) is 0. The Morgan fingerprint density at radius 2 is 1.73 bits per heavy atom. The van der Waals surface area contributed by atoms with Crippen LogP contribution < -0.4 is 4.74 Å². The zero-order valence-electron chi connectivity index (χ0n) is 14.5. The van der Waals surface area contributed by atoms with E-state index in [9.17, 15) is 19.5 Å². The highest BCUT2D eigenvalue weighted by Gasteiger charge is 2.35. The molecule has 0 amide bonds. The Balaban J connectivity index is 2.01. The fourth-order valence-corrected chi connectivity index (χ4v) is 3.18. The molecular weight excluding hydrogens is 336 g/mol. The van der Waals surface area contributed by atoms with Crippen LogP contribution in [-0.4, -0.2) is 36.9 Å². The van der Waals surface area contributed by atoms with Gasteiger partial charge in [0.2, 0.25) is 5.78 Å². The second kappa shape index (κ2) is 7.00. The Morgan fingerprint density at radius 1 is 1.00 bits per heavy atom. The molecule has 1 aliphatic rings. The van der Waals surface area contributed by atoms with Gasteiger partial charge in [0.25, 0.3) is 0 Å². The molecule has 0 bridgehead atoms. The Hall–Kier alpha value is -3.15. The van der Waals surface area contributed by atoms with Gasteiger partial charge in [0.05, 0.1) is 25.3 Å². The summed E-state index contributed by atoms with van der Waals surface area (Å²) >= 11 is 0. The molecular formula is C20H18O6. The van der Waals surface area contributed by atoms with Crippen molar-refractivity contribution < 1.29 is 29.0 Å². The van der Waals surface area contributed by atoms with Gasteiger partial charge in [-0.3, -0.25) is 14.4 Å². The normalized spacial score (nSPS) is 12.4. The maximum atomic E-state index is 13.0. The molecule has 0 saturated carbocycles. The van der Waals surface area contributed by atoms with Gasteiger partial charge >= 0.3 is 5.97 Å². The molecule has 0 fully saturated rings. The van der Waals surface area contributed by atoms with E-state index in [-0.39, 0.29) is 46.2 Å². The van der Waals surface area contributed by atoms with Gasteiger partial charge in [-0.25, -0.2) is 0 Å². The number of aromatic hydroxyl groups is 1. The molecule has 0 heterocycles. The number of carbonyl (C=O) groups is 3. The van der Waals surface area contributed by atoms with Gasteiger partial charge < -0.3 is 14.6 Å². The van der Waals surface area contributed by atoms with E-state index < -0.39 is 5.78 Å². The maximum Gasteiger partial charge on any atom is 0.305 e. The molecule has 0 aliphatic heterocycles. The lowest BCUT2D eigenvalue weighted by Gasteiger charge is -2.21. The molecule has 0 spiro atoms. The molecule has 3 rings (SSSR count). The minimum atomic E-state index is -0.445. The molecule has 134 valence electrons. The number of benzene rings is 2. The molecule has 1 aliphatic carbocycles. The summed E-state index contributed by atoms with van der Waals surface area (Å²) in [4.78, 5) is 36.9. The van der Waals surface area contributed by atoms with Crippen LogP contribution in [0.5, 0.6) is 11.5 Å². The number of hydrogen-bond acceptors (Lipinski definition) is 6. The van der Waals surface area contributed by atoms with Crippen LogP contribution in [-0.2, 0) is 16.0 Å². The number of rotatable bonds is 5. The zero-order valence-corrected chi connectivity index (χ0v) is 14.5. The lowest BCUT2D eigenvalue weighted by Crippen LogP contribution is -2.22. The van der Waals surface area contributed by atoms with E-state index in [0.717, 1.165) is 0 Å². The van der Waals surface area contributed by atoms with Crippen LogP contribution in [0.3, 0.4) is 0 Å². The first-order valence-electron chi connectivity index (χ1n) is 8.17. The fraction of sp³-hybridized carbons (Fsp3) is 0.250. The van der Waals surface area contributed by atoms with Gasteiger partial charge in [-0.1, -0.05) is 18.2 Å². The van der Waals surface area contributed by atoms with Crippen LogP contribution in [0, 0.1) is 0 Å². The van der Waals surface area contributed by atoms with Gasteiger partial charge in [-0.05, 0) is 30.5 Å².